The molecule has 29 heavy (non-hydrogen) atoms. The minimum atomic E-state index is -0.503. The van der Waals surface area contributed by atoms with Crippen molar-refractivity contribution in [2.24, 2.45) is 0 Å². The lowest BCUT2D eigenvalue weighted by molar-refractivity contribution is -0.123. The number of ether oxygens (including phenoxy) is 1. The van der Waals surface area contributed by atoms with Gasteiger partial charge in [0.2, 0.25) is 5.82 Å². The first-order valence-corrected chi connectivity index (χ1v) is 9.64. The zero-order valence-corrected chi connectivity index (χ0v) is 17.2. The molecule has 1 aromatic heterocycles. The SMILES string of the molecule is Cc1ccc(-c2noc(C(=O)NCCNC(=O)COc3ccc(Br)cc3)n2)cc1. The molecule has 3 rings (SSSR count). The summed E-state index contributed by atoms with van der Waals surface area (Å²) in [6.07, 6.45) is 0. The van der Waals surface area contributed by atoms with Gasteiger partial charge >= 0.3 is 11.8 Å². The van der Waals surface area contributed by atoms with E-state index in [0.717, 1.165) is 15.6 Å². The van der Waals surface area contributed by atoms with Gasteiger partial charge in [-0.1, -0.05) is 50.9 Å². The van der Waals surface area contributed by atoms with Crippen LogP contribution < -0.4 is 15.4 Å². The molecule has 1 heterocycles. The normalized spacial score (nSPS) is 10.4. The van der Waals surface area contributed by atoms with Crippen LogP contribution in [0.3, 0.4) is 0 Å². The lowest BCUT2D eigenvalue weighted by atomic mass is 10.1. The quantitative estimate of drug-likeness (QED) is 0.502. The van der Waals surface area contributed by atoms with Crippen LogP contribution in [0.2, 0.25) is 0 Å². The topological polar surface area (TPSA) is 106 Å². The lowest BCUT2D eigenvalue weighted by Crippen LogP contribution is -2.36. The van der Waals surface area contributed by atoms with Crippen molar-refractivity contribution in [2.45, 2.75) is 6.92 Å². The fourth-order valence-electron chi connectivity index (χ4n) is 2.32. The molecule has 2 amide bonds. The van der Waals surface area contributed by atoms with Gasteiger partial charge in [0.1, 0.15) is 5.75 Å². The van der Waals surface area contributed by atoms with E-state index in [2.05, 4.69) is 36.7 Å². The van der Waals surface area contributed by atoms with Gasteiger partial charge in [0.05, 0.1) is 0 Å². The van der Waals surface area contributed by atoms with Crippen LogP contribution in [0.4, 0.5) is 0 Å². The Kier molecular flexibility index (Phi) is 6.96. The number of nitrogens with zero attached hydrogens (tertiary/aromatic N) is 2. The summed E-state index contributed by atoms with van der Waals surface area (Å²) in [5.74, 6) is 0.00859. The van der Waals surface area contributed by atoms with Crippen molar-refractivity contribution in [3.63, 3.8) is 0 Å². The number of carbonyl (C=O) groups excluding carboxylic acids is 2. The van der Waals surface area contributed by atoms with Gasteiger partial charge in [0, 0.05) is 23.1 Å². The molecule has 2 aromatic carbocycles. The fourth-order valence-corrected chi connectivity index (χ4v) is 2.58. The number of aromatic nitrogens is 2. The summed E-state index contributed by atoms with van der Waals surface area (Å²) in [6, 6.07) is 14.7. The highest BCUT2D eigenvalue weighted by Gasteiger charge is 2.15. The summed E-state index contributed by atoms with van der Waals surface area (Å²) in [5.41, 5.74) is 1.87. The number of aryl methyl sites for hydroxylation is 1. The second kappa shape index (κ2) is 9.83. The third-order valence-corrected chi connectivity index (χ3v) is 4.37. The number of carbonyl (C=O) groups is 2. The molecule has 0 saturated carbocycles. The summed E-state index contributed by atoms with van der Waals surface area (Å²) < 4.78 is 11.3. The average Bonchev–Trinajstić information content (AvgIpc) is 3.21. The van der Waals surface area contributed by atoms with Crippen molar-refractivity contribution in [1.29, 1.82) is 0 Å². The molecule has 0 aliphatic carbocycles. The van der Waals surface area contributed by atoms with Gasteiger partial charge in [-0.25, -0.2) is 0 Å². The average molecular weight is 459 g/mol. The van der Waals surface area contributed by atoms with Crippen molar-refractivity contribution in [1.82, 2.24) is 20.8 Å². The Hall–Kier alpha value is -3.20. The van der Waals surface area contributed by atoms with Gasteiger partial charge in [0.15, 0.2) is 6.61 Å². The van der Waals surface area contributed by atoms with Gasteiger partial charge in [-0.3, -0.25) is 9.59 Å². The third-order valence-electron chi connectivity index (χ3n) is 3.85. The number of nitrogens with one attached hydrogen (secondary N) is 2. The van der Waals surface area contributed by atoms with Crippen LogP contribution in [-0.2, 0) is 4.79 Å². The molecule has 0 unspecified atom stereocenters. The summed E-state index contributed by atoms with van der Waals surface area (Å²) in [4.78, 5) is 28.0. The highest BCUT2D eigenvalue weighted by molar-refractivity contribution is 9.10. The Morgan fingerprint density at radius 3 is 2.45 bits per heavy atom. The van der Waals surface area contributed by atoms with E-state index in [1.807, 2.05) is 43.3 Å². The Bertz CT molecular complexity index is 971. The Morgan fingerprint density at radius 1 is 1.03 bits per heavy atom. The van der Waals surface area contributed by atoms with Crippen molar-refractivity contribution >= 4 is 27.7 Å². The molecule has 0 aliphatic heterocycles. The lowest BCUT2D eigenvalue weighted by Gasteiger charge is -2.07. The molecular formula is C20H19BrN4O4. The van der Waals surface area contributed by atoms with Gasteiger partial charge in [-0.15, -0.1) is 0 Å². The molecule has 150 valence electrons. The molecule has 0 bridgehead atoms. The molecule has 0 radical (unpaired) electrons. The van der Waals surface area contributed by atoms with Crippen LogP contribution in [0.25, 0.3) is 11.4 Å². The van der Waals surface area contributed by atoms with E-state index in [0.29, 0.717) is 11.6 Å². The minimum Gasteiger partial charge on any atom is -0.484 e. The van der Waals surface area contributed by atoms with E-state index in [9.17, 15) is 9.59 Å². The van der Waals surface area contributed by atoms with Crippen molar-refractivity contribution in [2.75, 3.05) is 19.7 Å². The van der Waals surface area contributed by atoms with E-state index in [1.54, 1.807) is 12.1 Å². The maximum atomic E-state index is 12.1. The van der Waals surface area contributed by atoms with Gasteiger partial charge in [-0.05, 0) is 31.2 Å². The predicted molar refractivity (Wildman–Crippen MR) is 109 cm³/mol. The van der Waals surface area contributed by atoms with Crippen LogP contribution in [0, 0.1) is 6.92 Å². The third kappa shape index (κ3) is 6.15. The second-order valence-corrected chi connectivity index (χ2v) is 7.05. The summed E-state index contributed by atoms with van der Waals surface area (Å²) in [5, 5.41) is 9.08. The van der Waals surface area contributed by atoms with E-state index in [-0.39, 0.29) is 31.5 Å². The first-order valence-electron chi connectivity index (χ1n) is 8.85. The van der Waals surface area contributed by atoms with E-state index in [4.69, 9.17) is 9.26 Å². The molecule has 0 saturated heterocycles. The van der Waals surface area contributed by atoms with Crippen LogP contribution in [0.15, 0.2) is 57.5 Å². The van der Waals surface area contributed by atoms with Crippen molar-refractivity contribution in [3.8, 4) is 17.1 Å². The number of amides is 2. The molecule has 8 nitrogen and oxygen atoms in total. The molecule has 9 heteroatoms. The zero-order chi connectivity index (χ0) is 20.6. The molecule has 3 aromatic rings. The molecule has 0 spiro atoms. The first-order chi connectivity index (χ1) is 14.0. The highest BCUT2D eigenvalue weighted by atomic mass is 79.9. The molecule has 0 fully saturated rings. The molecule has 0 aliphatic rings. The second-order valence-electron chi connectivity index (χ2n) is 6.14. The number of hydrogen-bond donors (Lipinski definition) is 2. The number of halogens is 1. The highest BCUT2D eigenvalue weighted by Crippen LogP contribution is 2.16. The zero-order valence-electron chi connectivity index (χ0n) is 15.6. The first kappa shape index (κ1) is 20.5. The Balaban J connectivity index is 1.38. The molecule has 2 N–H and O–H groups in total. The van der Waals surface area contributed by atoms with E-state index in [1.165, 1.54) is 0 Å². The number of hydrogen-bond acceptors (Lipinski definition) is 6. The van der Waals surface area contributed by atoms with Crippen LogP contribution in [0.1, 0.15) is 16.2 Å². The van der Waals surface area contributed by atoms with Gasteiger partial charge in [-0.2, -0.15) is 4.98 Å². The summed E-state index contributed by atoms with van der Waals surface area (Å²) in [6.45, 7) is 2.32. The van der Waals surface area contributed by atoms with E-state index >= 15 is 0 Å². The fraction of sp³-hybridized carbons (Fsp3) is 0.200. The van der Waals surface area contributed by atoms with Crippen LogP contribution in [0.5, 0.6) is 5.75 Å². The largest absolute Gasteiger partial charge is 0.484 e. The molecular weight excluding hydrogens is 440 g/mol. The smallest absolute Gasteiger partial charge is 0.316 e. The van der Waals surface area contributed by atoms with Crippen LogP contribution in [-0.4, -0.2) is 41.7 Å². The monoisotopic (exact) mass is 458 g/mol. The number of rotatable bonds is 8. The Morgan fingerprint density at radius 2 is 1.72 bits per heavy atom. The van der Waals surface area contributed by atoms with E-state index < -0.39 is 5.91 Å². The number of benzene rings is 2. The maximum absolute atomic E-state index is 12.1. The Labute approximate surface area is 175 Å². The predicted octanol–water partition coefficient (Wildman–Crippen LogP) is 2.73. The standard InChI is InChI=1S/C20H19BrN4O4/c1-13-2-4-14(5-3-13)18-24-20(29-25-18)19(27)23-11-10-22-17(26)12-28-16-8-6-15(21)7-9-16/h2-9H,10-12H2,1H3,(H,22,26)(H,23,27). The van der Waals surface area contributed by atoms with Crippen LogP contribution >= 0.6 is 15.9 Å². The van der Waals surface area contributed by atoms with Gasteiger partial charge < -0.3 is 19.9 Å². The summed E-state index contributed by atoms with van der Waals surface area (Å²) >= 11 is 3.33. The minimum absolute atomic E-state index is 0.112. The molecule has 0 atom stereocenters. The summed E-state index contributed by atoms with van der Waals surface area (Å²) in [7, 11) is 0. The van der Waals surface area contributed by atoms with Gasteiger partial charge in [0.25, 0.3) is 5.91 Å². The maximum Gasteiger partial charge on any atom is 0.316 e. The van der Waals surface area contributed by atoms with Crippen molar-refractivity contribution in [3.05, 3.63) is 64.5 Å². The van der Waals surface area contributed by atoms with Crippen molar-refractivity contribution < 1.29 is 18.8 Å².